The van der Waals surface area contributed by atoms with E-state index in [-0.39, 0.29) is 5.91 Å². The number of carbonyl (C=O) groups excluding carboxylic acids is 2. The first-order valence-corrected chi connectivity index (χ1v) is 6.94. The molecular weight excluding hydrogens is 282 g/mol. The second kappa shape index (κ2) is 5.93. The van der Waals surface area contributed by atoms with E-state index in [1.165, 1.54) is 13.4 Å². The third kappa shape index (κ3) is 2.67. The van der Waals surface area contributed by atoms with Crippen LogP contribution in [0.2, 0.25) is 0 Å². The molecule has 1 aromatic carbocycles. The Hall–Kier alpha value is -2.76. The fourth-order valence-corrected chi connectivity index (χ4v) is 2.49. The van der Waals surface area contributed by atoms with Crippen LogP contribution in [0.4, 0.5) is 0 Å². The lowest BCUT2D eigenvalue weighted by atomic mass is 10.1. The number of benzene rings is 1. The number of amides is 1. The zero-order valence-corrected chi connectivity index (χ0v) is 12.2. The van der Waals surface area contributed by atoms with Gasteiger partial charge in [-0.25, -0.2) is 14.8 Å². The molecular formula is C16H15N3O3. The van der Waals surface area contributed by atoms with Crippen molar-refractivity contribution in [1.82, 2.24) is 14.9 Å². The van der Waals surface area contributed by atoms with E-state index < -0.39 is 5.97 Å². The van der Waals surface area contributed by atoms with Crippen molar-refractivity contribution in [3.05, 3.63) is 59.2 Å². The van der Waals surface area contributed by atoms with Crippen molar-refractivity contribution in [2.75, 3.05) is 13.7 Å². The Bertz CT molecular complexity index is 713. The molecule has 1 aliphatic heterocycles. The lowest BCUT2D eigenvalue weighted by molar-refractivity contribution is 0.0599. The minimum absolute atomic E-state index is 0.0640. The maximum Gasteiger partial charge on any atom is 0.337 e. The largest absolute Gasteiger partial charge is 0.465 e. The van der Waals surface area contributed by atoms with Crippen LogP contribution in [0.25, 0.3) is 0 Å². The molecule has 0 N–H and O–H groups in total. The van der Waals surface area contributed by atoms with Gasteiger partial charge in [-0.2, -0.15) is 0 Å². The van der Waals surface area contributed by atoms with Gasteiger partial charge in [-0.1, -0.05) is 0 Å². The standard InChI is InChI=1S/C16H15N3O3/c1-22-16(21)12-4-2-11(3-5-12)15(20)19-7-6-14-13(9-19)8-17-10-18-14/h2-5,8,10H,6-7,9H2,1H3. The highest BCUT2D eigenvalue weighted by Gasteiger charge is 2.22. The highest BCUT2D eigenvalue weighted by Crippen LogP contribution is 2.18. The molecule has 0 bridgehead atoms. The number of rotatable bonds is 2. The average Bonchev–Trinajstić information content (AvgIpc) is 2.60. The fourth-order valence-electron chi connectivity index (χ4n) is 2.49. The van der Waals surface area contributed by atoms with Crippen molar-refractivity contribution in [1.29, 1.82) is 0 Å². The zero-order chi connectivity index (χ0) is 15.5. The van der Waals surface area contributed by atoms with E-state index >= 15 is 0 Å². The topological polar surface area (TPSA) is 72.4 Å². The maximum atomic E-state index is 12.5. The molecule has 0 unspecified atom stereocenters. The Balaban J connectivity index is 1.76. The smallest absolute Gasteiger partial charge is 0.337 e. The first-order chi connectivity index (χ1) is 10.7. The molecule has 22 heavy (non-hydrogen) atoms. The van der Waals surface area contributed by atoms with Crippen LogP contribution >= 0.6 is 0 Å². The van der Waals surface area contributed by atoms with E-state index in [4.69, 9.17) is 0 Å². The van der Waals surface area contributed by atoms with Crippen LogP contribution in [0.5, 0.6) is 0 Å². The number of ether oxygens (including phenoxy) is 1. The zero-order valence-electron chi connectivity index (χ0n) is 12.2. The summed E-state index contributed by atoms with van der Waals surface area (Å²) in [5.74, 6) is -0.478. The van der Waals surface area contributed by atoms with Gasteiger partial charge >= 0.3 is 5.97 Å². The van der Waals surface area contributed by atoms with E-state index in [9.17, 15) is 9.59 Å². The van der Waals surface area contributed by atoms with E-state index in [1.807, 2.05) is 0 Å². The van der Waals surface area contributed by atoms with Crippen molar-refractivity contribution >= 4 is 11.9 Å². The number of carbonyl (C=O) groups is 2. The summed E-state index contributed by atoms with van der Waals surface area (Å²) in [7, 11) is 1.33. The lowest BCUT2D eigenvalue weighted by Gasteiger charge is -2.27. The molecule has 0 saturated carbocycles. The molecule has 0 atom stereocenters. The maximum absolute atomic E-state index is 12.5. The Morgan fingerprint density at radius 3 is 2.64 bits per heavy atom. The summed E-state index contributed by atoms with van der Waals surface area (Å²) >= 11 is 0. The third-order valence-electron chi connectivity index (χ3n) is 3.70. The second-order valence-electron chi connectivity index (χ2n) is 5.04. The second-order valence-corrected chi connectivity index (χ2v) is 5.04. The summed E-state index contributed by atoms with van der Waals surface area (Å²) in [4.78, 5) is 33.9. The summed E-state index contributed by atoms with van der Waals surface area (Å²) < 4.78 is 4.64. The summed E-state index contributed by atoms with van der Waals surface area (Å²) in [6.07, 6.45) is 4.01. The summed E-state index contributed by atoms with van der Waals surface area (Å²) in [5.41, 5.74) is 2.96. The molecule has 3 rings (SSSR count). The van der Waals surface area contributed by atoms with Crippen LogP contribution in [0.1, 0.15) is 32.0 Å². The summed E-state index contributed by atoms with van der Waals surface area (Å²) in [6.45, 7) is 1.13. The molecule has 0 saturated heterocycles. The number of esters is 1. The number of hydrogen-bond acceptors (Lipinski definition) is 5. The Morgan fingerprint density at radius 2 is 1.91 bits per heavy atom. The molecule has 0 aliphatic carbocycles. The third-order valence-corrected chi connectivity index (χ3v) is 3.70. The van der Waals surface area contributed by atoms with Gasteiger partial charge in [-0.05, 0) is 24.3 Å². The van der Waals surface area contributed by atoms with Crippen molar-refractivity contribution < 1.29 is 14.3 Å². The molecule has 0 fully saturated rings. The lowest BCUT2D eigenvalue weighted by Crippen LogP contribution is -2.36. The van der Waals surface area contributed by atoms with Crippen LogP contribution in [0.3, 0.4) is 0 Å². The van der Waals surface area contributed by atoms with E-state index in [2.05, 4.69) is 14.7 Å². The first-order valence-electron chi connectivity index (χ1n) is 6.94. The molecule has 6 nitrogen and oxygen atoms in total. The van der Waals surface area contributed by atoms with Gasteiger partial charge in [0, 0.05) is 36.8 Å². The van der Waals surface area contributed by atoms with Gasteiger partial charge in [0.2, 0.25) is 0 Å². The molecule has 1 aromatic heterocycles. The first kappa shape index (κ1) is 14.2. The molecule has 2 heterocycles. The van der Waals surface area contributed by atoms with E-state index in [1.54, 1.807) is 35.4 Å². The van der Waals surface area contributed by atoms with Gasteiger partial charge in [0.05, 0.1) is 18.4 Å². The van der Waals surface area contributed by atoms with Crippen LogP contribution in [0.15, 0.2) is 36.8 Å². The minimum Gasteiger partial charge on any atom is -0.465 e. The van der Waals surface area contributed by atoms with E-state index in [0.29, 0.717) is 24.2 Å². The van der Waals surface area contributed by atoms with Gasteiger partial charge in [0.15, 0.2) is 0 Å². The van der Waals surface area contributed by atoms with Crippen molar-refractivity contribution in [2.45, 2.75) is 13.0 Å². The van der Waals surface area contributed by atoms with Crippen molar-refractivity contribution in [3.63, 3.8) is 0 Å². The van der Waals surface area contributed by atoms with Gasteiger partial charge in [0.25, 0.3) is 5.91 Å². The quantitative estimate of drug-likeness (QED) is 0.785. The minimum atomic E-state index is -0.414. The highest BCUT2D eigenvalue weighted by atomic mass is 16.5. The SMILES string of the molecule is COC(=O)c1ccc(C(=O)N2CCc3ncncc3C2)cc1. The monoisotopic (exact) mass is 297 g/mol. The molecule has 0 spiro atoms. The van der Waals surface area contributed by atoms with Crippen molar-refractivity contribution in [2.24, 2.45) is 0 Å². The molecule has 6 heteroatoms. The number of nitrogens with zero attached hydrogens (tertiary/aromatic N) is 3. The Kier molecular flexibility index (Phi) is 3.82. The fraction of sp³-hybridized carbons (Fsp3) is 0.250. The molecule has 0 radical (unpaired) electrons. The normalized spacial score (nSPS) is 13.4. The highest BCUT2D eigenvalue weighted by molar-refractivity contribution is 5.96. The number of aromatic nitrogens is 2. The Labute approximate surface area is 127 Å². The molecule has 112 valence electrons. The van der Waals surface area contributed by atoms with Crippen LogP contribution in [0, 0.1) is 0 Å². The molecule has 1 aliphatic rings. The van der Waals surface area contributed by atoms with Gasteiger partial charge < -0.3 is 9.64 Å². The molecule has 2 aromatic rings. The predicted octanol–water partition coefficient (Wildman–Crippen LogP) is 1.46. The average molecular weight is 297 g/mol. The number of methoxy groups -OCH3 is 1. The summed E-state index contributed by atoms with van der Waals surface area (Å²) in [6, 6.07) is 6.48. The van der Waals surface area contributed by atoms with Crippen molar-refractivity contribution in [3.8, 4) is 0 Å². The van der Waals surface area contributed by atoms with Crippen LogP contribution < -0.4 is 0 Å². The van der Waals surface area contributed by atoms with Gasteiger partial charge in [0.1, 0.15) is 6.33 Å². The van der Waals surface area contributed by atoms with E-state index in [0.717, 1.165) is 17.7 Å². The number of fused-ring (bicyclic) bond motifs is 1. The Morgan fingerprint density at radius 1 is 1.18 bits per heavy atom. The van der Waals surface area contributed by atoms with Crippen LogP contribution in [-0.4, -0.2) is 40.4 Å². The van der Waals surface area contributed by atoms with Gasteiger partial charge in [-0.3, -0.25) is 4.79 Å². The number of hydrogen-bond donors (Lipinski definition) is 0. The van der Waals surface area contributed by atoms with Crippen LogP contribution in [-0.2, 0) is 17.7 Å². The molecule has 1 amide bonds. The predicted molar refractivity (Wildman–Crippen MR) is 78.3 cm³/mol. The van der Waals surface area contributed by atoms with Gasteiger partial charge in [-0.15, -0.1) is 0 Å². The summed E-state index contributed by atoms with van der Waals surface area (Å²) in [5, 5.41) is 0.